The van der Waals surface area contributed by atoms with E-state index in [0.717, 1.165) is 31.4 Å². The van der Waals surface area contributed by atoms with Crippen molar-refractivity contribution in [2.24, 2.45) is 0 Å². The molecule has 2 unspecified atom stereocenters. The van der Waals surface area contributed by atoms with Crippen molar-refractivity contribution in [3.05, 3.63) is 41.0 Å². The number of thioether (sulfide) groups is 1. The van der Waals surface area contributed by atoms with E-state index in [0.29, 0.717) is 12.0 Å². The van der Waals surface area contributed by atoms with Gasteiger partial charge in [-0.25, -0.2) is 0 Å². The first-order chi connectivity index (χ1) is 10.6. The zero-order chi connectivity index (χ0) is 16.8. The molecule has 1 aromatic carbocycles. The highest BCUT2D eigenvalue weighted by Gasteiger charge is 2.37. The lowest BCUT2D eigenvalue weighted by Crippen LogP contribution is -2.21. The first kappa shape index (κ1) is 16.7. The minimum atomic E-state index is -4.80. The first-order valence-electron chi connectivity index (χ1n) is 7.29. The van der Waals surface area contributed by atoms with E-state index in [-0.39, 0.29) is 22.1 Å². The Bertz CT molecular complexity index is 596. The minimum absolute atomic E-state index is 0.0457. The number of benzene rings is 1. The van der Waals surface area contributed by atoms with E-state index in [2.05, 4.69) is 0 Å². The summed E-state index contributed by atoms with van der Waals surface area (Å²) < 4.78 is 77.7. The molecular weight excluding hydrogens is 338 g/mol. The Morgan fingerprint density at radius 2 is 1.48 bits per heavy atom. The minimum Gasteiger partial charge on any atom is -0.166 e. The van der Waals surface area contributed by atoms with Crippen molar-refractivity contribution in [3.8, 4) is 0 Å². The zero-order valence-corrected chi connectivity index (χ0v) is 12.8. The van der Waals surface area contributed by atoms with E-state index >= 15 is 0 Å². The van der Waals surface area contributed by atoms with Gasteiger partial charge in [0, 0.05) is 10.5 Å². The Kier molecular flexibility index (Phi) is 4.19. The fraction of sp³-hybridized carbons (Fsp3) is 0.500. The largest absolute Gasteiger partial charge is 0.416 e. The van der Waals surface area contributed by atoms with Gasteiger partial charge in [-0.3, -0.25) is 0 Å². The van der Waals surface area contributed by atoms with Crippen LogP contribution in [0.5, 0.6) is 0 Å². The van der Waals surface area contributed by atoms with Gasteiger partial charge in [-0.05, 0) is 48.6 Å². The van der Waals surface area contributed by atoms with Gasteiger partial charge in [0.2, 0.25) is 0 Å². The third kappa shape index (κ3) is 3.70. The molecule has 1 saturated heterocycles. The van der Waals surface area contributed by atoms with Crippen LogP contribution in [0.3, 0.4) is 0 Å². The molecule has 0 spiro atoms. The summed E-state index contributed by atoms with van der Waals surface area (Å²) in [5.74, 6) is 0. The molecule has 2 heterocycles. The van der Waals surface area contributed by atoms with E-state index in [4.69, 9.17) is 0 Å². The number of allylic oxidation sites excluding steroid dienone is 1. The third-order valence-corrected chi connectivity index (χ3v) is 5.68. The molecule has 2 aliphatic rings. The highest BCUT2D eigenvalue weighted by atomic mass is 32.2. The van der Waals surface area contributed by atoms with Gasteiger partial charge in [-0.1, -0.05) is 12.5 Å². The summed E-state index contributed by atoms with van der Waals surface area (Å²) in [6, 6.07) is 1.86. The average molecular weight is 352 g/mol. The van der Waals surface area contributed by atoms with Gasteiger partial charge in [0.25, 0.3) is 0 Å². The quantitative estimate of drug-likeness (QED) is 0.545. The van der Waals surface area contributed by atoms with E-state index in [1.807, 2.05) is 6.08 Å². The summed E-state index contributed by atoms with van der Waals surface area (Å²) in [5.41, 5.74) is -1.84. The number of rotatable bonds is 1. The lowest BCUT2D eigenvalue weighted by molar-refractivity contribution is -0.143. The highest BCUT2D eigenvalue weighted by Crippen LogP contribution is 2.45. The summed E-state index contributed by atoms with van der Waals surface area (Å²) in [7, 11) is 0. The van der Waals surface area contributed by atoms with E-state index < -0.39 is 23.5 Å². The predicted octanol–water partition coefficient (Wildman–Crippen LogP) is 6.17. The molecule has 126 valence electrons. The molecule has 0 aromatic heterocycles. The molecule has 0 aliphatic carbocycles. The van der Waals surface area contributed by atoms with Gasteiger partial charge in [0.05, 0.1) is 11.1 Å². The Labute approximate surface area is 133 Å². The third-order valence-electron chi connectivity index (χ3n) is 4.18. The van der Waals surface area contributed by atoms with Crippen LogP contribution in [0, 0.1) is 0 Å². The van der Waals surface area contributed by atoms with Crippen LogP contribution in [0.2, 0.25) is 0 Å². The molecule has 2 bridgehead atoms. The predicted molar refractivity (Wildman–Crippen MR) is 78.1 cm³/mol. The Morgan fingerprint density at radius 1 is 0.870 bits per heavy atom. The molecule has 3 rings (SSSR count). The van der Waals surface area contributed by atoms with Crippen molar-refractivity contribution < 1.29 is 26.3 Å². The summed E-state index contributed by atoms with van der Waals surface area (Å²) in [6.45, 7) is 0. The SMILES string of the molecule is FC(F)(F)c1cc(C2=CC3CCCC(C2)S3)cc(C(F)(F)F)c1. The monoisotopic (exact) mass is 352 g/mol. The van der Waals surface area contributed by atoms with Gasteiger partial charge in [0.15, 0.2) is 0 Å². The van der Waals surface area contributed by atoms with Crippen molar-refractivity contribution in [2.75, 3.05) is 0 Å². The second-order valence-corrected chi connectivity index (χ2v) is 7.46. The fourth-order valence-electron chi connectivity index (χ4n) is 3.09. The highest BCUT2D eigenvalue weighted by molar-refractivity contribution is 8.00. The molecular formula is C16H14F6S. The molecule has 0 nitrogen and oxygen atoms in total. The van der Waals surface area contributed by atoms with Crippen LogP contribution in [0.1, 0.15) is 42.4 Å². The standard InChI is InChI=1S/C16H14F6S/c17-15(18,19)11-4-9(5-12(8-11)16(20,21)22)10-6-13-2-1-3-14(7-10)23-13/h4-6,8,13-14H,1-3,7H2. The number of hydrogen-bond acceptors (Lipinski definition) is 1. The van der Waals surface area contributed by atoms with Crippen molar-refractivity contribution in [3.63, 3.8) is 0 Å². The van der Waals surface area contributed by atoms with E-state index in [9.17, 15) is 26.3 Å². The molecule has 0 amide bonds. The first-order valence-corrected chi connectivity index (χ1v) is 8.23. The molecule has 0 radical (unpaired) electrons. The number of hydrogen-bond donors (Lipinski definition) is 0. The van der Waals surface area contributed by atoms with Crippen LogP contribution < -0.4 is 0 Å². The number of fused-ring (bicyclic) bond motifs is 2. The van der Waals surface area contributed by atoms with Crippen LogP contribution in [-0.4, -0.2) is 10.5 Å². The normalized spacial score (nSPS) is 25.2. The summed E-state index contributed by atoms with van der Waals surface area (Å²) in [5, 5.41) is 0.485. The molecule has 7 heteroatoms. The van der Waals surface area contributed by atoms with Crippen molar-refractivity contribution in [1.29, 1.82) is 0 Å². The molecule has 2 atom stereocenters. The van der Waals surface area contributed by atoms with Crippen molar-refractivity contribution in [1.82, 2.24) is 0 Å². The van der Waals surface area contributed by atoms with Gasteiger partial charge in [-0.15, -0.1) is 0 Å². The van der Waals surface area contributed by atoms with Gasteiger partial charge < -0.3 is 0 Å². The van der Waals surface area contributed by atoms with Gasteiger partial charge >= 0.3 is 12.4 Å². The Hall–Kier alpha value is -1.11. The lowest BCUT2D eigenvalue weighted by atomic mass is 9.91. The summed E-state index contributed by atoms with van der Waals surface area (Å²) in [4.78, 5) is 0. The molecule has 0 saturated carbocycles. The second kappa shape index (κ2) is 5.76. The number of halogens is 6. The zero-order valence-electron chi connectivity index (χ0n) is 12.0. The van der Waals surface area contributed by atoms with E-state index in [1.165, 1.54) is 0 Å². The maximum atomic E-state index is 12.9. The topological polar surface area (TPSA) is 0 Å². The smallest absolute Gasteiger partial charge is 0.166 e. The van der Waals surface area contributed by atoms with E-state index in [1.54, 1.807) is 11.8 Å². The van der Waals surface area contributed by atoms with Crippen molar-refractivity contribution in [2.45, 2.75) is 48.5 Å². The molecule has 1 aromatic rings. The van der Waals surface area contributed by atoms with Crippen molar-refractivity contribution >= 4 is 17.3 Å². The molecule has 1 fully saturated rings. The molecule has 0 N–H and O–H groups in total. The average Bonchev–Trinajstić information content (AvgIpc) is 2.44. The van der Waals surface area contributed by atoms with Crippen LogP contribution in [0.25, 0.3) is 5.57 Å². The maximum absolute atomic E-state index is 12.9. The van der Waals surface area contributed by atoms with Crippen LogP contribution >= 0.6 is 11.8 Å². The van der Waals surface area contributed by atoms with Crippen LogP contribution in [0.4, 0.5) is 26.3 Å². The summed E-state index contributed by atoms with van der Waals surface area (Å²) >= 11 is 1.77. The van der Waals surface area contributed by atoms with Gasteiger partial charge in [-0.2, -0.15) is 38.1 Å². The van der Waals surface area contributed by atoms with Crippen LogP contribution in [0.15, 0.2) is 24.3 Å². The molecule has 2 aliphatic heterocycles. The Balaban J connectivity index is 2.06. The van der Waals surface area contributed by atoms with Gasteiger partial charge in [0.1, 0.15) is 0 Å². The number of alkyl halides is 6. The lowest BCUT2D eigenvalue weighted by Gasteiger charge is -2.33. The van der Waals surface area contributed by atoms with Crippen LogP contribution in [-0.2, 0) is 12.4 Å². The molecule has 23 heavy (non-hydrogen) atoms. The maximum Gasteiger partial charge on any atom is 0.416 e. The second-order valence-electron chi connectivity index (χ2n) is 5.92. The summed E-state index contributed by atoms with van der Waals surface area (Å²) in [6.07, 6.45) is -4.27. The fourth-order valence-corrected chi connectivity index (χ4v) is 4.71. The Morgan fingerprint density at radius 3 is 2.00 bits per heavy atom.